The Morgan fingerprint density at radius 1 is 1.38 bits per heavy atom. The van der Waals surface area contributed by atoms with Crippen LogP contribution in [0.4, 0.5) is 0 Å². The Kier molecular flexibility index (Phi) is 4.87. The van der Waals surface area contributed by atoms with E-state index < -0.39 is 11.9 Å². The van der Waals surface area contributed by atoms with Crippen LogP contribution in [0.5, 0.6) is 0 Å². The third kappa shape index (κ3) is 3.99. The van der Waals surface area contributed by atoms with E-state index in [1.807, 2.05) is 0 Å². The second kappa shape index (κ2) is 6.64. The van der Waals surface area contributed by atoms with Gasteiger partial charge in [-0.2, -0.15) is 0 Å². The molecule has 1 aromatic heterocycles. The number of benzene rings is 1. The van der Waals surface area contributed by atoms with Crippen LogP contribution >= 0.6 is 15.9 Å². The average molecular weight is 352 g/mol. The topological polar surface area (TPSA) is 98.2 Å². The molecule has 0 radical (unpaired) electrons. The summed E-state index contributed by atoms with van der Waals surface area (Å²) in [7, 11) is 0. The molecule has 110 valence electrons. The molecule has 0 aliphatic heterocycles. The van der Waals surface area contributed by atoms with Gasteiger partial charge < -0.3 is 15.5 Å². The first-order valence-electron chi connectivity index (χ1n) is 6.25. The highest BCUT2D eigenvalue weighted by molar-refractivity contribution is 9.10. The monoisotopic (exact) mass is 351 g/mol. The molecule has 1 heterocycles. The van der Waals surface area contributed by atoms with Crippen molar-refractivity contribution >= 4 is 27.6 Å². The summed E-state index contributed by atoms with van der Waals surface area (Å²) in [5, 5.41) is 2.50. The minimum absolute atomic E-state index is 0.103. The summed E-state index contributed by atoms with van der Waals surface area (Å²) >= 11 is 3.29. The minimum atomic E-state index is -0.476. The highest BCUT2D eigenvalue weighted by Crippen LogP contribution is 2.11. The Bertz CT molecular complexity index is 650. The standard InChI is InChI=1S/C14H14BrN3O3/c1-8(16)14-18-11(7-21-14)13(20)17-6-12(19)9-2-4-10(15)5-3-9/h2-5,7-8H,6,16H2,1H3,(H,17,20). The van der Waals surface area contributed by atoms with Gasteiger partial charge in [-0.05, 0) is 19.1 Å². The van der Waals surface area contributed by atoms with Crippen molar-refractivity contribution in [1.29, 1.82) is 0 Å². The average Bonchev–Trinajstić information content (AvgIpc) is 2.95. The molecule has 0 fully saturated rings. The van der Waals surface area contributed by atoms with Crippen LogP contribution in [-0.2, 0) is 0 Å². The maximum Gasteiger partial charge on any atom is 0.273 e. The number of nitrogens with zero attached hydrogens (tertiary/aromatic N) is 1. The van der Waals surface area contributed by atoms with Gasteiger partial charge in [0, 0.05) is 10.0 Å². The minimum Gasteiger partial charge on any atom is -0.446 e. The predicted octanol–water partition coefficient (Wildman–Crippen LogP) is 2.07. The van der Waals surface area contributed by atoms with Gasteiger partial charge in [-0.25, -0.2) is 4.98 Å². The smallest absolute Gasteiger partial charge is 0.273 e. The van der Waals surface area contributed by atoms with Crippen LogP contribution in [0.3, 0.4) is 0 Å². The zero-order chi connectivity index (χ0) is 15.4. The number of halogens is 1. The zero-order valence-corrected chi connectivity index (χ0v) is 12.9. The number of ketones is 1. The van der Waals surface area contributed by atoms with Crippen molar-refractivity contribution in [3.8, 4) is 0 Å². The number of amides is 1. The molecule has 21 heavy (non-hydrogen) atoms. The van der Waals surface area contributed by atoms with E-state index in [0.717, 1.165) is 4.47 Å². The van der Waals surface area contributed by atoms with Gasteiger partial charge in [0.2, 0.25) is 5.89 Å². The normalized spacial score (nSPS) is 12.0. The molecule has 6 nitrogen and oxygen atoms in total. The Balaban J connectivity index is 1.94. The highest BCUT2D eigenvalue weighted by Gasteiger charge is 2.15. The lowest BCUT2D eigenvalue weighted by Gasteiger charge is -2.03. The van der Waals surface area contributed by atoms with Crippen LogP contribution < -0.4 is 11.1 Å². The molecule has 0 bridgehead atoms. The van der Waals surface area contributed by atoms with Gasteiger partial charge in [-0.1, -0.05) is 28.1 Å². The van der Waals surface area contributed by atoms with Gasteiger partial charge in [0.05, 0.1) is 12.6 Å². The van der Waals surface area contributed by atoms with E-state index in [1.54, 1.807) is 31.2 Å². The molecule has 7 heteroatoms. The van der Waals surface area contributed by atoms with E-state index in [9.17, 15) is 9.59 Å². The summed E-state index contributed by atoms with van der Waals surface area (Å²) in [5.74, 6) is -0.387. The summed E-state index contributed by atoms with van der Waals surface area (Å²) in [6.07, 6.45) is 1.22. The molecule has 2 aromatic rings. The lowest BCUT2D eigenvalue weighted by molar-refractivity contribution is 0.0900. The molecule has 0 aliphatic rings. The molecule has 1 amide bonds. The number of aromatic nitrogens is 1. The van der Waals surface area contributed by atoms with Crippen molar-refractivity contribution in [2.45, 2.75) is 13.0 Å². The van der Waals surface area contributed by atoms with Crippen LogP contribution in [0.2, 0.25) is 0 Å². The number of nitrogens with one attached hydrogen (secondary N) is 1. The molecule has 0 aliphatic carbocycles. The predicted molar refractivity (Wildman–Crippen MR) is 79.9 cm³/mol. The second-order valence-corrected chi connectivity index (χ2v) is 5.39. The second-order valence-electron chi connectivity index (χ2n) is 4.47. The lowest BCUT2D eigenvalue weighted by atomic mass is 10.1. The number of hydrogen-bond acceptors (Lipinski definition) is 5. The van der Waals surface area contributed by atoms with Crippen molar-refractivity contribution < 1.29 is 14.0 Å². The molecule has 0 saturated carbocycles. The first kappa shape index (κ1) is 15.4. The van der Waals surface area contributed by atoms with E-state index in [0.29, 0.717) is 5.56 Å². The van der Waals surface area contributed by atoms with Crippen LogP contribution in [0.25, 0.3) is 0 Å². The van der Waals surface area contributed by atoms with Crippen molar-refractivity contribution in [2.75, 3.05) is 6.54 Å². The number of Topliss-reactive ketones (excluding diaryl/α,β-unsaturated/α-hetero) is 1. The molecule has 3 N–H and O–H groups in total. The third-order valence-electron chi connectivity index (χ3n) is 2.72. The maximum atomic E-state index is 11.9. The van der Waals surface area contributed by atoms with Crippen molar-refractivity contribution in [1.82, 2.24) is 10.3 Å². The third-order valence-corrected chi connectivity index (χ3v) is 3.25. The van der Waals surface area contributed by atoms with E-state index in [-0.39, 0.29) is 23.9 Å². The van der Waals surface area contributed by atoms with Gasteiger partial charge in [0.1, 0.15) is 6.26 Å². The van der Waals surface area contributed by atoms with Crippen molar-refractivity contribution in [3.05, 3.63) is 52.1 Å². The molecule has 1 unspecified atom stereocenters. The van der Waals surface area contributed by atoms with Crippen LogP contribution in [0.1, 0.15) is 39.7 Å². The highest BCUT2D eigenvalue weighted by atomic mass is 79.9. The van der Waals surface area contributed by atoms with Crippen molar-refractivity contribution in [2.24, 2.45) is 5.73 Å². The number of oxazole rings is 1. The first-order chi connectivity index (χ1) is 9.97. The van der Waals surface area contributed by atoms with Crippen molar-refractivity contribution in [3.63, 3.8) is 0 Å². The Morgan fingerprint density at radius 2 is 2.05 bits per heavy atom. The Hall–Kier alpha value is -1.99. The molecular weight excluding hydrogens is 338 g/mol. The molecule has 2 rings (SSSR count). The zero-order valence-electron chi connectivity index (χ0n) is 11.3. The molecule has 1 aromatic carbocycles. The summed E-state index contributed by atoms with van der Waals surface area (Å²) in [4.78, 5) is 27.7. The lowest BCUT2D eigenvalue weighted by Crippen LogP contribution is -2.29. The largest absolute Gasteiger partial charge is 0.446 e. The summed E-state index contributed by atoms with van der Waals surface area (Å²) in [6, 6.07) is 6.51. The van der Waals surface area contributed by atoms with E-state index in [4.69, 9.17) is 10.2 Å². The van der Waals surface area contributed by atoms with Crippen LogP contribution in [0.15, 0.2) is 39.4 Å². The molecule has 0 spiro atoms. The van der Waals surface area contributed by atoms with Gasteiger partial charge in [-0.3, -0.25) is 9.59 Å². The van der Waals surface area contributed by atoms with Gasteiger partial charge in [-0.15, -0.1) is 0 Å². The van der Waals surface area contributed by atoms with E-state index >= 15 is 0 Å². The Labute approximate surface area is 129 Å². The molecule has 0 saturated heterocycles. The summed E-state index contributed by atoms with van der Waals surface area (Å²) in [6.45, 7) is 1.59. The number of nitrogens with two attached hydrogens (primary N) is 1. The number of rotatable bonds is 5. The Morgan fingerprint density at radius 3 is 2.62 bits per heavy atom. The number of carbonyl (C=O) groups is 2. The maximum absolute atomic E-state index is 11.9. The van der Waals surface area contributed by atoms with Gasteiger partial charge >= 0.3 is 0 Å². The fraction of sp³-hybridized carbons (Fsp3) is 0.214. The molecular formula is C14H14BrN3O3. The van der Waals surface area contributed by atoms with Crippen LogP contribution in [-0.4, -0.2) is 23.2 Å². The van der Waals surface area contributed by atoms with E-state index in [1.165, 1.54) is 6.26 Å². The molecule has 1 atom stereocenters. The number of hydrogen-bond donors (Lipinski definition) is 2. The first-order valence-corrected chi connectivity index (χ1v) is 7.04. The van der Waals surface area contributed by atoms with Crippen LogP contribution in [0, 0.1) is 0 Å². The fourth-order valence-electron chi connectivity index (χ4n) is 1.59. The summed E-state index contributed by atoms with van der Waals surface area (Å²) < 4.78 is 5.95. The quantitative estimate of drug-likeness (QED) is 0.803. The van der Waals surface area contributed by atoms with Gasteiger partial charge in [0.25, 0.3) is 5.91 Å². The summed E-state index contributed by atoms with van der Waals surface area (Å²) in [5.41, 5.74) is 6.22. The van der Waals surface area contributed by atoms with Gasteiger partial charge in [0.15, 0.2) is 11.5 Å². The number of carbonyl (C=O) groups excluding carboxylic acids is 2. The van der Waals surface area contributed by atoms with E-state index in [2.05, 4.69) is 26.2 Å². The SMILES string of the molecule is CC(N)c1nc(C(=O)NCC(=O)c2ccc(Br)cc2)co1. The fourth-order valence-corrected chi connectivity index (χ4v) is 1.85.